The summed E-state index contributed by atoms with van der Waals surface area (Å²) in [5.41, 5.74) is 4.51. The van der Waals surface area contributed by atoms with Gasteiger partial charge in [-0.3, -0.25) is 4.79 Å². The fraction of sp³-hybridized carbons (Fsp3) is 0.345. The van der Waals surface area contributed by atoms with E-state index >= 15 is 0 Å². The van der Waals surface area contributed by atoms with Crippen LogP contribution in [0.1, 0.15) is 42.5 Å². The van der Waals surface area contributed by atoms with E-state index < -0.39 is 0 Å². The maximum absolute atomic E-state index is 14.1. The molecular weight excluding hydrogens is 450 g/mol. The molecule has 0 N–H and O–H groups in total. The third kappa shape index (κ3) is 5.74. The van der Waals surface area contributed by atoms with Crippen molar-refractivity contribution < 1.29 is 9.53 Å². The van der Waals surface area contributed by atoms with Crippen LogP contribution in [0.25, 0.3) is 16.9 Å². The molecule has 36 heavy (non-hydrogen) atoms. The van der Waals surface area contributed by atoms with Gasteiger partial charge in [-0.15, -0.1) is 0 Å². The summed E-state index contributed by atoms with van der Waals surface area (Å²) in [5.74, 6) is 0.656. The summed E-state index contributed by atoms with van der Waals surface area (Å²) >= 11 is 0. The van der Waals surface area contributed by atoms with E-state index in [0.29, 0.717) is 30.1 Å². The number of rotatable bonds is 8. The standard InChI is InChI=1S/C29H35N5O2/c1-29(2,3)26-19-27-30-24(22-13-10-14-23(17-22)36-6)18-25(34(27)31-26)28(35)33(16-15-32(4)5)20-21-11-8-7-9-12-21/h7-14,17-19H,15-16,20H2,1-6H3. The van der Waals surface area contributed by atoms with Gasteiger partial charge in [0.15, 0.2) is 5.65 Å². The predicted molar refractivity (Wildman–Crippen MR) is 143 cm³/mol. The number of carbonyl (C=O) groups is 1. The number of ether oxygens (including phenoxy) is 1. The second-order valence-corrected chi connectivity index (χ2v) is 10.3. The first kappa shape index (κ1) is 25.4. The smallest absolute Gasteiger partial charge is 0.273 e. The van der Waals surface area contributed by atoms with Crippen LogP contribution < -0.4 is 4.74 Å². The fourth-order valence-corrected chi connectivity index (χ4v) is 3.96. The van der Waals surface area contributed by atoms with E-state index in [4.69, 9.17) is 14.8 Å². The highest BCUT2D eigenvalue weighted by atomic mass is 16.5. The molecule has 0 spiro atoms. The van der Waals surface area contributed by atoms with Gasteiger partial charge in [0, 0.05) is 36.7 Å². The first-order chi connectivity index (χ1) is 17.2. The molecule has 0 atom stereocenters. The highest BCUT2D eigenvalue weighted by Crippen LogP contribution is 2.27. The lowest BCUT2D eigenvalue weighted by atomic mass is 9.93. The van der Waals surface area contributed by atoms with Crippen molar-refractivity contribution in [3.63, 3.8) is 0 Å². The second-order valence-electron chi connectivity index (χ2n) is 10.3. The Kier molecular flexibility index (Phi) is 7.40. The number of hydrogen-bond acceptors (Lipinski definition) is 5. The lowest BCUT2D eigenvalue weighted by molar-refractivity contribution is 0.0723. The van der Waals surface area contributed by atoms with Crippen LogP contribution in [0, 0.1) is 0 Å². The number of likely N-dealkylation sites (N-methyl/N-ethyl adjacent to an activating group) is 1. The Morgan fingerprint density at radius 1 is 0.972 bits per heavy atom. The summed E-state index contributed by atoms with van der Waals surface area (Å²) in [4.78, 5) is 23.0. The van der Waals surface area contributed by atoms with Crippen molar-refractivity contribution in [2.24, 2.45) is 0 Å². The Morgan fingerprint density at radius 2 is 1.72 bits per heavy atom. The van der Waals surface area contributed by atoms with Crippen LogP contribution in [0.2, 0.25) is 0 Å². The number of aromatic nitrogens is 3. The molecule has 4 aromatic rings. The molecule has 4 rings (SSSR count). The maximum atomic E-state index is 14.1. The summed E-state index contributed by atoms with van der Waals surface area (Å²) in [7, 11) is 5.67. The summed E-state index contributed by atoms with van der Waals surface area (Å²) in [6.45, 7) is 8.18. The maximum Gasteiger partial charge on any atom is 0.273 e. The van der Waals surface area contributed by atoms with Crippen LogP contribution in [0.3, 0.4) is 0 Å². The summed E-state index contributed by atoms with van der Waals surface area (Å²) in [6, 6.07) is 21.6. The Hall–Kier alpha value is -3.71. The molecule has 0 aliphatic rings. The molecule has 0 bridgehead atoms. The summed E-state index contributed by atoms with van der Waals surface area (Å²) in [5, 5.41) is 4.83. The first-order valence-corrected chi connectivity index (χ1v) is 12.2. The minimum absolute atomic E-state index is 0.0826. The Morgan fingerprint density at radius 3 is 2.39 bits per heavy atom. The van der Waals surface area contributed by atoms with Crippen molar-refractivity contribution >= 4 is 11.6 Å². The largest absolute Gasteiger partial charge is 0.497 e. The highest BCUT2D eigenvalue weighted by molar-refractivity contribution is 5.94. The number of amides is 1. The van der Waals surface area contributed by atoms with Crippen LogP contribution in [0.5, 0.6) is 5.75 Å². The molecule has 2 heterocycles. The van der Waals surface area contributed by atoms with Crippen molar-refractivity contribution in [3.05, 3.63) is 83.7 Å². The molecule has 0 radical (unpaired) electrons. The van der Waals surface area contributed by atoms with Gasteiger partial charge in [0.1, 0.15) is 11.4 Å². The quantitative estimate of drug-likeness (QED) is 0.355. The molecule has 0 saturated heterocycles. The predicted octanol–water partition coefficient (Wildman–Crippen LogP) is 4.91. The normalized spacial score (nSPS) is 11.8. The van der Waals surface area contributed by atoms with E-state index in [0.717, 1.165) is 29.1 Å². The molecule has 0 saturated carbocycles. The van der Waals surface area contributed by atoms with Crippen molar-refractivity contribution in [1.82, 2.24) is 24.4 Å². The Labute approximate surface area is 213 Å². The zero-order valence-corrected chi connectivity index (χ0v) is 22.0. The third-order valence-corrected chi connectivity index (χ3v) is 6.10. The molecule has 0 aliphatic heterocycles. The van der Waals surface area contributed by atoms with Gasteiger partial charge in [-0.05, 0) is 37.9 Å². The summed E-state index contributed by atoms with van der Waals surface area (Å²) in [6.07, 6.45) is 0. The van der Waals surface area contributed by atoms with E-state index in [9.17, 15) is 4.79 Å². The Balaban J connectivity index is 1.84. The van der Waals surface area contributed by atoms with Crippen molar-refractivity contribution in [2.75, 3.05) is 34.3 Å². The number of benzene rings is 2. The lowest BCUT2D eigenvalue weighted by Crippen LogP contribution is -2.37. The van der Waals surface area contributed by atoms with E-state index in [1.807, 2.05) is 85.7 Å². The zero-order valence-electron chi connectivity index (χ0n) is 22.0. The highest BCUT2D eigenvalue weighted by Gasteiger charge is 2.25. The van der Waals surface area contributed by atoms with Crippen molar-refractivity contribution in [3.8, 4) is 17.0 Å². The Bertz CT molecular complexity index is 1340. The van der Waals surface area contributed by atoms with E-state index in [1.54, 1.807) is 11.6 Å². The van der Waals surface area contributed by atoms with Gasteiger partial charge >= 0.3 is 0 Å². The molecule has 0 unspecified atom stereocenters. The van der Waals surface area contributed by atoms with Crippen LogP contribution in [0.4, 0.5) is 0 Å². The number of hydrogen-bond donors (Lipinski definition) is 0. The van der Waals surface area contributed by atoms with Gasteiger partial charge in [-0.1, -0.05) is 63.2 Å². The van der Waals surface area contributed by atoms with Gasteiger partial charge in [0.2, 0.25) is 0 Å². The van der Waals surface area contributed by atoms with E-state index in [2.05, 4.69) is 25.7 Å². The van der Waals surface area contributed by atoms with Crippen LogP contribution in [0.15, 0.2) is 66.7 Å². The molecule has 7 heteroatoms. The van der Waals surface area contributed by atoms with Gasteiger partial charge in [-0.2, -0.15) is 5.10 Å². The topological polar surface area (TPSA) is 63.0 Å². The lowest BCUT2D eigenvalue weighted by Gasteiger charge is -2.25. The van der Waals surface area contributed by atoms with Gasteiger partial charge < -0.3 is 14.5 Å². The number of nitrogens with zero attached hydrogens (tertiary/aromatic N) is 5. The molecule has 7 nitrogen and oxygen atoms in total. The molecule has 2 aromatic heterocycles. The number of carbonyl (C=O) groups excluding carboxylic acids is 1. The van der Waals surface area contributed by atoms with Crippen molar-refractivity contribution in [2.45, 2.75) is 32.7 Å². The van der Waals surface area contributed by atoms with Gasteiger partial charge in [0.05, 0.1) is 18.5 Å². The van der Waals surface area contributed by atoms with E-state index in [1.165, 1.54) is 0 Å². The van der Waals surface area contributed by atoms with Crippen LogP contribution in [-0.4, -0.2) is 64.6 Å². The van der Waals surface area contributed by atoms with E-state index in [-0.39, 0.29) is 11.3 Å². The van der Waals surface area contributed by atoms with Crippen LogP contribution in [-0.2, 0) is 12.0 Å². The third-order valence-electron chi connectivity index (χ3n) is 6.10. The fourth-order valence-electron chi connectivity index (χ4n) is 3.96. The average Bonchev–Trinajstić information content (AvgIpc) is 3.31. The van der Waals surface area contributed by atoms with Crippen molar-refractivity contribution in [1.29, 1.82) is 0 Å². The SMILES string of the molecule is COc1cccc(-c2cc(C(=O)N(CCN(C)C)Cc3ccccc3)n3nc(C(C)(C)C)cc3n2)c1. The molecule has 0 fully saturated rings. The molecule has 188 valence electrons. The zero-order chi connectivity index (χ0) is 25.9. The van der Waals surface area contributed by atoms with Gasteiger partial charge in [0.25, 0.3) is 5.91 Å². The molecule has 1 amide bonds. The average molecular weight is 486 g/mol. The molecule has 2 aromatic carbocycles. The number of fused-ring (bicyclic) bond motifs is 1. The summed E-state index contributed by atoms with van der Waals surface area (Å²) < 4.78 is 7.12. The molecule has 0 aliphatic carbocycles. The monoisotopic (exact) mass is 485 g/mol. The van der Waals surface area contributed by atoms with Crippen LogP contribution >= 0.6 is 0 Å². The minimum atomic E-state index is -0.182. The van der Waals surface area contributed by atoms with Gasteiger partial charge in [-0.25, -0.2) is 9.50 Å². The second kappa shape index (κ2) is 10.5. The molecular formula is C29H35N5O2. The minimum Gasteiger partial charge on any atom is -0.497 e. The first-order valence-electron chi connectivity index (χ1n) is 12.2. The number of methoxy groups -OCH3 is 1.